The van der Waals surface area contributed by atoms with Gasteiger partial charge in [-0.15, -0.1) is 0 Å². The van der Waals surface area contributed by atoms with E-state index in [4.69, 9.17) is 4.74 Å². The lowest BCUT2D eigenvalue weighted by molar-refractivity contribution is 0.416. The zero-order chi connectivity index (χ0) is 16.1. The van der Waals surface area contributed by atoms with Gasteiger partial charge >= 0.3 is 0 Å². The van der Waals surface area contributed by atoms with E-state index >= 15 is 0 Å². The Balaban J connectivity index is 1.81. The van der Waals surface area contributed by atoms with Crippen LogP contribution in [-0.4, -0.2) is 30.2 Å². The van der Waals surface area contributed by atoms with Crippen LogP contribution in [0.3, 0.4) is 0 Å². The topological polar surface area (TPSA) is 50.3 Å². The molecule has 1 aromatic carbocycles. The molecule has 1 aliphatic rings. The Kier molecular flexibility index (Phi) is 4.95. The average molecular weight is 312 g/mol. The van der Waals surface area contributed by atoms with Crippen molar-refractivity contribution in [1.29, 1.82) is 0 Å². The highest BCUT2D eigenvalue weighted by molar-refractivity contribution is 5.66. The third-order valence-corrected chi connectivity index (χ3v) is 4.20. The minimum Gasteiger partial charge on any atom is -0.495 e. The Bertz CT molecular complexity index is 651. The highest BCUT2D eigenvalue weighted by Gasteiger charge is 2.12. The van der Waals surface area contributed by atoms with Crippen LogP contribution in [0.2, 0.25) is 0 Å². The highest BCUT2D eigenvalue weighted by Crippen LogP contribution is 2.29. The van der Waals surface area contributed by atoms with E-state index in [1.807, 2.05) is 18.2 Å². The van der Waals surface area contributed by atoms with Crippen LogP contribution in [0.1, 0.15) is 31.2 Å². The van der Waals surface area contributed by atoms with Gasteiger partial charge in [0.1, 0.15) is 23.7 Å². The number of ether oxygens (including phenoxy) is 1. The van der Waals surface area contributed by atoms with Crippen molar-refractivity contribution in [3.8, 4) is 5.75 Å². The van der Waals surface area contributed by atoms with E-state index < -0.39 is 0 Å². The van der Waals surface area contributed by atoms with Crippen molar-refractivity contribution < 1.29 is 4.74 Å². The van der Waals surface area contributed by atoms with Gasteiger partial charge in [0.05, 0.1) is 12.8 Å². The number of nitrogens with zero attached hydrogens (tertiary/aromatic N) is 3. The van der Waals surface area contributed by atoms with Crippen LogP contribution in [0.5, 0.6) is 5.75 Å². The third kappa shape index (κ3) is 3.92. The molecule has 2 heterocycles. The lowest BCUT2D eigenvalue weighted by Gasteiger charge is -2.21. The first-order valence-corrected chi connectivity index (χ1v) is 8.25. The summed E-state index contributed by atoms with van der Waals surface area (Å²) in [5.74, 6) is 2.60. The molecule has 5 heteroatoms. The predicted octanol–water partition coefficient (Wildman–Crippen LogP) is 3.92. The lowest BCUT2D eigenvalue weighted by atomic mass is 10.2. The average Bonchev–Trinajstić information content (AvgIpc) is 2.85. The number of hydrogen-bond donors (Lipinski definition) is 1. The van der Waals surface area contributed by atoms with Crippen molar-refractivity contribution in [3.63, 3.8) is 0 Å². The molecular weight excluding hydrogens is 288 g/mol. The van der Waals surface area contributed by atoms with Crippen LogP contribution in [0.25, 0.3) is 0 Å². The van der Waals surface area contributed by atoms with Gasteiger partial charge < -0.3 is 15.0 Å². The second kappa shape index (κ2) is 7.31. The summed E-state index contributed by atoms with van der Waals surface area (Å²) in [7, 11) is 1.68. The minimum absolute atomic E-state index is 0.795. The van der Waals surface area contributed by atoms with Crippen LogP contribution in [0, 0.1) is 6.92 Å². The minimum atomic E-state index is 0.795. The van der Waals surface area contributed by atoms with E-state index in [0.717, 1.165) is 36.2 Å². The maximum Gasteiger partial charge on any atom is 0.142 e. The van der Waals surface area contributed by atoms with Crippen molar-refractivity contribution in [2.45, 2.75) is 32.6 Å². The van der Waals surface area contributed by atoms with E-state index in [-0.39, 0.29) is 0 Å². The van der Waals surface area contributed by atoms with Crippen molar-refractivity contribution in [3.05, 3.63) is 36.2 Å². The fourth-order valence-corrected chi connectivity index (χ4v) is 2.95. The van der Waals surface area contributed by atoms with E-state index in [0.29, 0.717) is 0 Å². The van der Waals surface area contributed by atoms with Gasteiger partial charge in [0.2, 0.25) is 0 Å². The molecule has 3 rings (SSSR count). The zero-order valence-electron chi connectivity index (χ0n) is 13.9. The standard InChI is InChI=1S/C18H24N4O/c1-14-7-8-16(23-2)15(11-14)21-17-12-18(20-13-19-17)22-9-5-3-4-6-10-22/h7-8,11-13H,3-6,9-10H2,1-2H3,(H,19,20,21). The fourth-order valence-electron chi connectivity index (χ4n) is 2.95. The van der Waals surface area contributed by atoms with Gasteiger partial charge in [-0.2, -0.15) is 0 Å². The highest BCUT2D eigenvalue weighted by atomic mass is 16.5. The first kappa shape index (κ1) is 15.6. The molecule has 1 fully saturated rings. The van der Waals surface area contributed by atoms with Gasteiger partial charge in [-0.05, 0) is 37.5 Å². The molecule has 1 N–H and O–H groups in total. The fraction of sp³-hybridized carbons (Fsp3) is 0.444. The SMILES string of the molecule is COc1ccc(C)cc1Nc1cc(N2CCCCCC2)ncn1. The molecule has 1 aliphatic heterocycles. The van der Waals surface area contributed by atoms with Gasteiger partial charge in [0.15, 0.2) is 0 Å². The normalized spacial score (nSPS) is 15.1. The number of anilines is 3. The molecule has 0 bridgehead atoms. The third-order valence-electron chi connectivity index (χ3n) is 4.20. The lowest BCUT2D eigenvalue weighted by Crippen LogP contribution is -2.25. The second-order valence-electron chi connectivity index (χ2n) is 5.99. The largest absolute Gasteiger partial charge is 0.495 e. The number of benzene rings is 1. The molecule has 0 amide bonds. The van der Waals surface area contributed by atoms with Gasteiger partial charge in [-0.1, -0.05) is 18.9 Å². The molecule has 0 atom stereocenters. The van der Waals surface area contributed by atoms with E-state index in [2.05, 4.69) is 33.2 Å². The van der Waals surface area contributed by atoms with Crippen LogP contribution >= 0.6 is 0 Å². The van der Waals surface area contributed by atoms with Crippen LogP contribution in [0.15, 0.2) is 30.6 Å². The molecular formula is C18H24N4O. The van der Waals surface area contributed by atoms with E-state index in [1.165, 1.54) is 31.2 Å². The summed E-state index contributed by atoms with van der Waals surface area (Å²) in [5, 5.41) is 3.36. The number of methoxy groups -OCH3 is 1. The molecule has 0 saturated carbocycles. The Morgan fingerprint density at radius 2 is 1.83 bits per heavy atom. The first-order valence-electron chi connectivity index (χ1n) is 8.25. The number of nitrogens with one attached hydrogen (secondary N) is 1. The summed E-state index contributed by atoms with van der Waals surface area (Å²) in [6.45, 7) is 4.21. The summed E-state index contributed by atoms with van der Waals surface area (Å²) in [5.41, 5.74) is 2.10. The number of rotatable bonds is 4. The molecule has 1 saturated heterocycles. The first-order chi connectivity index (χ1) is 11.3. The number of hydrogen-bond acceptors (Lipinski definition) is 5. The van der Waals surface area contributed by atoms with Gasteiger partial charge in [-0.25, -0.2) is 9.97 Å². The quantitative estimate of drug-likeness (QED) is 0.927. The smallest absolute Gasteiger partial charge is 0.142 e. The molecule has 23 heavy (non-hydrogen) atoms. The predicted molar refractivity (Wildman–Crippen MR) is 93.7 cm³/mol. The van der Waals surface area contributed by atoms with Gasteiger partial charge in [0.25, 0.3) is 0 Å². The summed E-state index contributed by atoms with van der Waals surface area (Å²) >= 11 is 0. The molecule has 5 nitrogen and oxygen atoms in total. The molecule has 2 aromatic rings. The number of aromatic nitrogens is 2. The van der Waals surface area contributed by atoms with Gasteiger partial charge in [-0.3, -0.25) is 0 Å². The van der Waals surface area contributed by atoms with Crippen LogP contribution in [0.4, 0.5) is 17.3 Å². The maximum absolute atomic E-state index is 5.42. The van der Waals surface area contributed by atoms with Crippen molar-refractivity contribution in [2.24, 2.45) is 0 Å². The van der Waals surface area contributed by atoms with Crippen molar-refractivity contribution in [1.82, 2.24) is 9.97 Å². The van der Waals surface area contributed by atoms with Crippen molar-refractivity contribution in [2.75, 3.05) is 30.4 Å². The summed E-state index contributed by atoms with van der Waals surface area (Å²) in [4.78, 5) is 11.2. The summed E-state index contributed by atoms with van der Waals surface area (Å²) in [6.07, 6.45) is 6.72. The Morgan fingerprint density at radius 1 is 1.04 bits per heavy atom. The van der Waals surface area contributed by atoms with E-state index in [9.17, 15) is 0 Å². The van der Waals surface area contributed by atoms with Crippen molar-refractivity contribution >= 4 is 17.3 Å². The monoisotopic (exact) mass is 312 g/mol. The second-order valence-corrected chi connectivity index (χ2v) is 5.99. The van der Waals surface area contributed by atoms with Crippen LogP contribution in [-0.2, 0) is 0 Å². The zero-order valence-corrected chi connectivity index (χ0v) is 13.9. The van der Waals surface area contributed by atoms with Crippen LogP contribution < -0.4 is 15.0 Å². The summed E-state index contributed by atoms with van der Waals surface area (Å²) < 4.78 is 5.42. The molecule has 1 aromatic heterocycles. The van der Waals surface area contributed by atoms with Gasteiger partial charge in [0, 0.05) is 19.2 Å². The maximum atomic E-state index is 5.42. The molecule has 0 radical (unpaired) electrons. The molecule has 0 spiro atoms. The Labute approximate surface area is 137 Å². The number of aryl methyl sites for hydroxylation is 1. The Morgan fingerprint density at radius 3 is 2.57 bits per heavy atom. The Hall–Kier alpha value is -2.30. The molecule has 0 unspecified atom stereocenters. The van der Waals surface area contributed by atoms with E-state index in [1.54, 1.807) is 13.4 Å². The molecule has 122 valence electrons. The molecule has 0 aliphatic carbocycles. The summed E-state index contributed by atoms with van der Waals surface area (Å²) in [6, 6.07) is 8.08.